The summed E-state index contributed by atoms with van der Waals surface area (Å²) in [5, 5.41) is 5.32. The van der Waals surface area contributed by atoms with Crippen molar-refractivity contribution >= 4 is 16.8 Å². The highest BCUT2D eigenvalue weighted by atomic mass is 16.5. The zero-order valence-electron chi connectivity index (χ0n) is 16.4. The molecule has 0 aliphatic heterocycles. The first-order chi connectivity index (χ1) is 13.2. The van der Waals surface area contributed by atoms with Crippen molar-refractivity contribution in [2.24, 2.45) is 11.7 Å². The molecule has 0 radical (unpaired) electrons. The Kier molecular flexibility index (Phi) is 6.97. The Morgan fingerprint density at radius 3 is 2.59 bits per heavy atom. The van der Waals surface area contributed by atoms with Crippen LogP contribution < -0.4 is 15.8 Å². The van der Waals surface area contributed by atoms with E-state index in [1.807, 2.05) is 6.07 Å². The van der Waals surface area contributed by atoms with Crippen LogP contribution in [0.5, 0.6) is 5.75 Å². The smallest absolute Gasteiger partial charge is 0.312 e. The molecule has 0 unspecified atom stereocenters. The second-order valence-corrected chi connectivity index (χ2v) is 7.71. The first-order valence-corrected chi connectivity index (χ1v) is 10.4. The quantitative estimate of drug-likeness (QED) is 0.587. The van der Waals surface area contributed by atoms with E-state index in [1.165, 1.54) is 37.5 Å². The average Bonchev–Trinajstić information content (AvgIpc) is 2.69. The Balaban J connectivity index is 1.77. The summed E-state index contributed by atoms with van der Waals surface area (Å²) in [5.41, 5.74) is 6.61. The Morgan fingerprint density at radius 2 is 1.85 bits per heavy atom. The molecule has 0 saturated heterocycles. The maximum Gasteiger partial charge on any atom is 0.312 e. The summed E-state index contributed by atoms with van der Waals surface area (Å²) in [7, 11) is 0. The minimum absolute atomic E-state index is 0.00262. The second kappa shape index (κ2) is 9.63. The van der Waals surface area contributed by atoms with Gasteiger partial charge in [-0.25, -0.2) is 4.79 Å². The molecule has 2 amide bonds. The van der Waals surface area contributed by atoms with Crippen molar-refractivity contribution in [2.45, 2.75) is 64.3 Å². The molecular weight excluding hydrogens is 336 g/mol. The number of amides is 2. The van der Waals surface area contributed by atoms with Crippen LogP contribution in [-0.4, -0.2) is 12.6 Å². The maximum atomic E-state index is 11.6. The summed E-state index contributed by atoms with van der Waals surface area (Å²) in [6, 6.07) is 12.2. The third kappa shape index (κ3) is 5.38. The van der Waals surface area contributed by atoms with E-state index in [0.29, 0.717) is 5.92 Å². The van der Waals surface area contributed by atoms with Crippen molar-refractivity contribution in [1.29, 1.82) is 0 Å². The highest BCUT2D eigenvalue weighted by molar-refractivity contribution is 5.85. The summed E-state index contributed by atoms with van der Waals surface area (Å²) in [6.07, 6.45) is 9.54. The van der Waals surface area contributed by atoms with E-state index in [9.17, 15) is 4.79 Å². The number of primary amides is 1. The van der Waals surface area contributed by atoms with E-state index in [0.717, 1.165) is 42.6 Å². The van der Waals surface area contributed by atoms with Crippen molar-refractivity contribution in [3.05, 3.63) is 42.0 Å². The number of carbonyl (C=O) groups excluding carboxylic acids is 1. The van der Waals surface area contributed by atoms with E-state index in [2.05, 4.69) is 42.6 Å². The number of unbranched alkanes of at least 4 members (excludes halogenated alkanes) is 2. The number of fused-ring (bicyclic) bond motifs is 1. The molecule has 2 aromatic carbocycles. The van der Waals surface area contributed by atoms with Crippen molar-refractivity contribution in [3.63, 3.8) is 0 Å². The van der Waals surface area contributed by atoms with Gasteiger partial charge in [0.2, 0.25) is 0 Å². The molecule has 3 rings (SSSR count). The molecular formula is C23H32N2O2. The second-order valence-electron chi connectivity index (χ2n) is 7.71. The van der Waals surface area contributed by atoms with Gasteiger partial charge in [-0.3, -0.25) is 0 Å². The summed E-state index contributed by atoms with van der Waals surface area (Å²) in [6.45, 7) is 2.96. The molecule has 4 nitrogen and oxygen atoms in total. The highest BCUT2D eigenvalue weighted by Crippen LogP contribution is 2.35. The number of hydrogen-bond acceptors (Lipinski definition) is 2. The van der Waals surface area contributed by atoms with Gasteiger partial charge in [0.15, 0.2) is 0 Å². The lowest BCUT2D eigenvalue weighted by molar-refractivity contribution is 0.229. The molecule has 2 aromatic rings. The van der Waals surface area contributed by atoms with Crippen molar-refractivity contribution in [1.82, 2.24) is 5.32 Å². The molecule has 1 atom stereocenters. The first-order valence-electron chi connectivity index (χ1n) is 10.4. The van der Waals surface area contributed by atoms with Crippen LogP contribution in [-0.2, 0) is 0 Å². The minimum Gasteiger partial charge on any atom is -0.494 e. The van der Waals surface area contributed by atoms with Crippen LogP contribution in [0.3, 0.4) is 0 Å². The van der Waals surface area contributed by atoms with Gasteiger partial charge in [0.25, 0.3) is 0 Å². The number of nitrogens with two attached hydrogens (primary N) is 1. The molecule has 1 aliphatic rings. The van der Waals surface area contributed by atoms with Gasteiger partial charge in [0.05, 0.1) is 12.6 Å². The molecule has 0 spiro atoms. The van der Waals surface area contributed by atoms with E-state index >= 15 is 0 Å². The van der Waals surface area contributed by atoms with Gasteiger partial charge in [0, 0.05) is 0 Å². The topological polar surface area (TPSA) is 64.3 Å². The molecule has 0 aromatic heterocycles. The molecule has 1 fully saturated rings. The Hall–Kier alpha value is -2.23. The first kappa shape index (κ1) is 19.5. The average molecular weight is 369 g/mol. The fourth-order valence-electron chi connectivity index (χ4n) is 4.16. The van der Waals surface area contributed by atoms with Gasteiger partial charge < -0.3 is 15.8 Å². The fourth-order valence-corrected chi connectivity index (χ4v) is 4.16. The van der Waals surface area contributed by atoms with Gasteiger partial charge >= 0.3 is 6.03 Å². The number of ether oxygens (including phenoxy) is 1. The van der Waals surface area contributed by atoms with Crippen LogP contribution in [0.25, 0.3) is 10.8 Å². The number of carbonyl (C=O) groups is 1. The zero-order valence-corrected chi connectivity index (χ0v) is 16.4. The van der Waals surface area contributed by atoms with Gasteiger partial charge in [-0.1, -0.05) is 57.2 Å². The lowest BCUT2D eigenvalue weighted by atomic mass is 9.81. The van der Waals surface area contributed by atoms with Gasteiger partial charge in [0.1, 0.15) is 5.75 Å². The molecule has 0 heterocycles. The van der Waals surface area contributed by atoms with E-state index in [1.54, 1.807) is 0 Å². The fraction of sp³-hybridized carbons (Fsp3) is 0.522. The summed E-state index contributed by atoms with van der Waals surface area (Å²) < 4.78 is 5.87. The molecule has 1 aliphatic carbocycles. The highest BCUT2D eigenvalue weighted by Gasteiger charge is 2.26. The molecule has 4 heteroatoms. The van der Waals surface area contributed by atoms with Crippen LogP contribution in [0.2, 0.25) is 0 Å². The molecule has 0 bridgehead atoms. The summed E-state index contributed by atoms with van der Waals surface area (Å²) in [5.74, 6) is 1.38. The molecule has 146 valence electrons. The predicted octanol–water partition coefficient (Wildman–Crippen LogP) is 5.70. The lowest BCUT2D eigenvalue weighted by Crippen LogP contribution is -2.37. The SMILES string of the molecule is CCCCCOc1ccc2cc([C@@H](NC(N)=O)C3CCCCC3)ccc2c1. The third-order valence-corrected chi connectivity index (χ3v) is 5.63. The monoisotopic (exact) mass is 368 g/mol. The largest absolute Gasteiger partial charge is 0.494 e. The number of urea groups is 1. The summed E-state index contributed by atoms with van der Waals surface area (Å²) >= 11 is 0. The Morgan fingerprint density at radius 1 is 1.11 bits per heavy atom. The van der Waals surface area contributed by atoms with Gasteiger partial charge in [-0.05, 0) is 59.7 Å². The third-order valence-electron chi connectivity index (χ3n) is 5.63. The van der Waals surface area contributed by atoms with Crippen molar-refractivity contribution < 1.29 is 9.53 Å². The number of nitrogens with one attached hydrogen (secondary N) is 1. The Bertz CT molecular complexity index is 753. The van der Waals surface area contributed by atoms with Crippen molar-refractivity contribution in [3.8, 4) is 5.75 Å². The van der Waals surface area contributed by atoms with Gasteiger partial charge in [-0.15, -0.1) is 0 Å². The normalized spacial score (nSPS) is 16.2. The standard InChI is InChI=1S/C23H32N2O2/c1-2-3-7-14-27-21-13-12-18-15-20(11-10-19(18)16-21)22(25-23(24)26)17-8-5-4-6-9-17/h10-13,15-17,22H,2-9,14H2,1H3,(H3,24,25,26)/t22-/m0/s1. The zero-order chi connectivity index (χ0) is 19.1. The van der Waals surface area contributed by atoms with Crippen molar-refractivity contribution in [2.75, 3.05) is 6.61 Å². The molecule has 3 N–H and O–H groups in total. The minimum atomic E-state index is -0.443. The van der Waals surface area contributed by atoms with E-state index in [4.69, 9.17) is 10.5 Å². The number of hydrogen-bond donors (Lipinski definition) is 2. The van der Waals surface area contributed by atoms with Crippen LogP contribution in [0.4, 0.5) is 4.79 Å². The lowest BCUT2D eigenvalue weighted by Gasteiger charge is -2.31. The number of benzene rings is 2. The van der Waals surface area contributed by atoms with E-state index < -0.39 is 6.03 Å². The molecule has 27 heavy (non-hydrogen) atoms. The maximum absolute atomic E-state index is 11.6. The van der Waals surface area contributed by atoms with Gasteiger partial charge in [-0.2, -0.15) is 0 Å². The van der Waals surface area contributed by atoms with Crippen LogP contribution >= 0.6 is 0 Å². The predicted molar refractivity (Wildman–Crippen MR) is 111 cm³/mol. The molecule has 1 saturated carbocycles. The van der Waals surface area contributed by atoms with Crippen LogP contribution in [0, 0.1) is 5.92 Å². The Labute approximate surface area is 162 Å². The number of rotatable bonds is 8. The summed E-state index contributed by atoms with van der Waals surface area (Å²) in [4.78, 5) is 11.6. The van der Waals surface area contributed by atoms with Crippen LogP contribution in [0.1, 0.15) is 69.9 Å². The van der Waals surface area contributed by atoms with E-state index in [-0.39, 0.29) is 6.04 Å². The van der Waals surface area contributed by atoms with Crippen LogP contribution in [0.15, 0.2) is 36.4 Å².